The van der Waals surface area contributed by atoms with Gasteiger partial charge in [0.05, 0.1) is 0 Å². The number of urea groups is 1. The number of hydrogen-bond acceptors (Lipinski definition) is 5. The number of nitrogens with one attached hydrogen (secondary N) is 2. The molecule has 1 aliphatic rings. The lowest BCUT2D eigenvalue weighted by Crippen LogP contribution is -2.55. The number of aromatic nitrogens is 2. The summed E-state index contributed by atoms with van der Waals surface area (Å²) in [6.07, 6.45) is 4.56. The number of carboxylic acid groups (broad SMARTS) is 1. The van der Waals surface area contributed by atoms with Crippen molar-refractivity contribution in [3.63, 3.8) is 0 Å². The molecule has 0 bridgehead atoms. The van der Waals surface area contributed by atoms with Gasteiger partial charge in [-0.15, -0.1) is 10.2 Å². The predicted octanol–water partition coefficient (Wildman–Crippen LogP) is 2.15. The Morgan fingerprint density at radius 2 is 1.85 bits per heavy atom. The van der Waals surface area contributed by atoms with Crippen LogP contribution in [0.25, 0.3) is 0 Å². The summed E-state index contributed by atoms with van der Waals surface area (Å²) in [5, 5.41) is 23.3. The summed E-state index contributed by atoms with van der Waals surface area (Å²) >= 11 is 1.25. The number of carbonyl (C=O) groups excluding carboxylic acids is 1. The average Bonchev–Trinajstić information content (AvgIpc) is 2.64. The number of rotatable bonds is 3. The van der Waals surface area contributed by atoms with Crippen LogP contribution in [0, 0.1) is 6.92 Å². The highest BCUT2D eigenvalue weighted by atomic mass is 32.1. The maximum absolute atomic E-state index is 12.0. The molecule has 0 radical (unpaired) electrons. The normalized spacial score (nSPS) is 18.1. The Kier molecular flexibility index (Phi) is 4.53. The van der Waals surface area contributed by atoms with E-state index in [0.29, 0.717) is 18.0 Å². The lowest BCUT2D eigenvalue weighted by molar-refractivity contribution is -0.145. The number of carbonyl (C=O) groups is 2. The first-order valence-electron chi connectivity index (χ1n) is 6.64. The zero-order valence-electron chi connectivity index (χ0n) is 11.3. The van der Waals surface area contributed by atoms with Crippen molar-refractivity contribution in [1.82, 2.24) is 15.5 Å². The molecule has 0 atom stereocenters. The molecule has 1 aromatic heterocycles. The van der Waals surface area contributed by atoms with Gasteiger partial charge >= 0.3 is 12.0 Å². The van der Waals surface area contributed by atoms with E-state index in [-0.39, 0.29) is 0 Å². The highest BCUT2D eigenvalue weighted by Crippen LogP contribution is 2.27. The molecule has 1 fully saturated rings. The average molecular weight is 298 g/mol. The molecule has 0 saturated heterocycles. The molecule has 1 saturated carbocycles. The third kappa shape index (κ3) is 3.44. The summed E-state index contributed by atoms with van der Waals surface area (Å²) in [7, 11) is 0. The van der Waals surface area contributed by atoms with Gasteiger partial charge in [0.1, 0.15) is 10.5 Å². The quantitative estimate of drug-likeness (QED) is 0.742. The fraction of sp³-hybridized carbons (Fsp3) is 0.667. The largest absolute Gasteiger partial charge is 0.480 e. The Hall–Kier alpha value is -1.70. The SMILES string of the molecule is Cc1nnc(NC(=O)NC2(C(=O)O)CCCCCC2)s1. The van der Waals surface area contributed by atoms with E-state index < -0.39 is 17.5 Å². The molecule has 0 aliphatic heterocycles. The van der Waals surface area contributed by atoms with E-state index in [1.165, 1.54) is 11.3 Å². The number of anilines is 1. The summed E-state index contributed by atoms with van der Waals surface area (Å²) < 4.78 is 0. The van der Waals surface area contributed by atoms with Crippen LogP contribution in [0.1, 0.15) is 43.5 Å². The number of carboxylic acids is 1. The van der Waals surface area contributed by atoms with Crippen LogP contribution in [0.4, 0.5) is 9.93 Å². The van der Waals surface area contributed by atoms with Crippen LogP contribution in [0.5, 0.6) is 0 Å². The van der Waals surface area contributed by atoms with Crippen molar-refractivity contribution in [3.05, 3.63) is 5.01 Å². The molecule has 0 unspecified atom stereocenters. The molecule has 0 spiro atoms. The summed E-state index contributed by atoms with van der Waals surface area (Å²) in [6, 6.07) is -0.537. The maximum atomic E-state index is 12.0. The van der Waals surface area contributed by atoms with Crippen LogP contribution >= 0.6 is 11.3 Å². The van der Waals surface area contributed by atoms with Crippen molar-refractivity contribution in [2.24, 2.45) is 0 Å². The molecule has 20 heavy (non-hydrogen) atoms. The molecular formula is C12H18N4O3S. The first kappa shape index (κ1) is 14.7. The number of aliphatic carboxylic acids is 1. The smallest absolute Gasteiger partial charge is 0.329 e. The maximum Gasteiger partial charge on any atom is 0.329 e. The molecule has 1 aromatic rings. The van der Waals surface area contributed by atoms with Crippen LogP contribution in [-0.4, -0.2) is 32.8 Å². The van der Waals surface area contributed by atoms with E-state index in [1.54, 1.807) is 6.92 Å². The lowest BCUT2D eigenvalue weighted by atomic mass is 9.90. The van der Waals surface area contributed by atoms with Gasteiger partial charge in [0.2, 0.25) is 5.13 Å². The summed E-state index contributed by atoms with van der Waals surface area (Å²) in [5.74, 6) is -0.969. The van der Waals surface area contributed by atoms with E-state index in [9.17, 15) is 14.7 Å². The Balaban J connectivity index is 2.03. The molecule has 8 heteroatoms. The van der Waals surface area contributed by atoms with Crippen LogP contribution in [0.2, 0.25) is 0 Å². The number of nitrogens with zero attached hydrogens (tertiary/aromatic N) is 2. The van der Waals surface area contributed by atoms with E-state index in [2.05, 4.69) is 20.8 Å². The number of amides is 2. The third-order valence-corrected chi connectivity index (χ3v) is 4.22. The molecule has 110 valence electrons. The van der Waals surface area contributed by atoms with Crippen LogP contribution < -0.4 is 10.6 Å². The van der Waals surface area contributed by atoms with Gasteiger partial charge in [0.25, 0.3) is 0 Å². The third-order valence-electron chi connectivity index (χ3n) is 3.47. The second-order valence-corrected chi connectivity index (χ2v) is 6.19. The summed E-state index contributed by atoms with van der Waals surface area (Å²) in [4.78, 5) is 23.5. The van der Waals surface area contributed by atoms with Crippen LogP contribution in [0.15, 0.2) is 0 Å². The zero-order chi connectivity index (χ0) is 14.6. The van der Waals surface area contributed by atoms with Crippen molar-refractivity contribution in [1.29, 1.82) is 0 Å². The predicted molar refractivity (Wildman–Crippen MR) is 74.9 cm³/mol. The Morgan fingerprint density at radius 3 is 2.35 bits per heavy atom. The van der Waals surface area contributed by atoms with Gasteiger partial charge in [-0.2, -0.15) is 0 Å². The van der Waals surface area contributed by atoms with Gasteiger partial charge in [-0.1, -0.05) is 37.0 Å². The van der Waals surface area contributed by atoms with Gasteiger partial charge in [0.15, 0.2) is 0 Å². The zero-order valence-corrected chi connectivity index (χ0v) is 12.1. The van der Waals surface area contributed by atoms with E-state index in [0.717, 1.165) is 30.7 Å². The van der Waals surface area contributed by atoms with Crippen LogP contribution in [-0.2, 0) is 4.79 Å². The molecule has 2 rings (SSSR count). The van der Waals surface area contributed by atoms with Crippen molar-refractivity contribution >= 4 is 28.5 Å². The Labute approximate surface area is 120 Å². The molecule has 1 heterocycles. The van der Waals surface area contributed by atoms with Gasteiger partial charge < -0.3 is 10.4 Å². The molecule has 2 amide bonds. The first-order valence-corrected chi connectivity index (χ1v) is 7.46. The van der Waals surface area contributed by atoms with Gasteiger partial charge in [0, 0.05) is 0 Å². The monoisotopic (exact) mass is 298 g/mol. The minimum Gasteiger partial charge on any atom is -0.480 e. The number of aryl methyl sites for hydroxylation is 1. The molecule has 7 nitrogen and oxygen atoms in total. The first-order chi connectivity index (χ1) is 9.52. The van der Waals surface area contributed by atoms with Crippen molar-refractivity contribution < 1.29 is 14.7 Å². The van der Waals surface area contributed by atoms with E-state index >= 15 is 0 Å². The second-order valence-electron chi connectivity index (χ2n) is 5.01. The lowest BCUT2D eigenvalue weighted by Gasteiger charge is -2.29. The van der Waals surface area contributed by atoms with Crippen LogP contribution in [0.3, 0.4) is 0 Å². The molecule has 0 aromatic carbocycles. The van der Waals surface area contributed by atoms with Gasteiger partial charge in [-0.3, -0.25) is 5.32 Å². The standard InChI is InChI=1S/C12H18N4O3S/c1-8-15-16-11(20-8)13-10(19)14-12(9(17)18)6-4-2-3-5-7-12/h2-7H2,1H3,(H,17,18)(H2,13,14,16,19). The van der Waals surface area contributed by atoms with Gasteiger partial charge in [-0.05, 0) is 19.8 Å². The van der Waals surface area contributed by atoms with Crippen molar-refractivity contribution in [2.45, 2.75) is 51.0 Å². The fourth-order valence-electron chi connectivity index (χ4n) is 2.42. The minimum atomic E-state index is -1.17. The minimum absolute atomic E-state index is 0.370. The molecular weight excluding hydrogens is 280 g/mol. The molecule has 3 N–H and O–H groups in total. The van der Waals surface area contributed by atoms with Crippen molar-refractivity contribution in [3.8, 4) is 0 Å². The Bertz CT molecular complexity index is 495. The van der Waals surface area contributed by atoms with E-state index in [1.807, 2.05) is 0 Å². The van der Waals surface area contributed by atoms with E-state index in [4.69, 9.17) is 0 Å². The highest BCUT2D eigenvalue weighted by molar-refractivity contribution is 7.15. The second kappa shape index (κ2) is 6.17. The van der Waals surface area contributed by atoms with Gasteiger partial charge in [-0.25, -0.2) is 9.59 Å². The molecule has 1 aliphatic carbocycles. The topological polar surface area (TPSA) is 104 Å². The van der Waals surface area contributed by atoms with Crippen molar-refractivity contribution in [2.75, 3.05) is 5.32 Å². The number of hydrogen-bond donors (Lipinski definition) is 3. The summed E-state index contributed by atoms with van der Waals surface area (Å²) in [5.41, 5.74) is -1.17. The Morgan fingerprint density at radius 1 is 1.20 bits per heavy atom. The highest BCUT2D eigenvalue weighted by Gasteiger charge is 2.40. The fourth-order valence-corrected chi connectivity index (χ4v) is 3.00. The summed E-state index contributed by atoms with van der Waals surface area (Å²) in [6.45, 7) is 1.78.